The lowest BCUT2D eigenvalue weighted by atomic mass is 10.1. The Morgan fingerprint density at radius 2 is 2.44 bits per heavy atom. The van der Waals surface area contributed by atoms with E-state index in [1.54, 1.807) is 0 Å². The van der Waals surface area contributed by atoms with Crippen molar-refractivity contribution in [3.05, 3.63) is 12.8 Å². The van der Waals surface area contributed by atoms with Gasteiger partial charge in [0.05, 0.1) is 12.9 Å². The molecule has 9 heavy (non-hydrogen) atoms. The third-order valence-corrected chi connectivity index (χ3v) is 1.56. The number of ether oxygens (including phenoxy) is 1. The molecule has 1 unspecified atom stereocenters. The van der Waals surface area contributed by atoms with Gasteiger partial charge in [0.25, 0.3) is 0 Å². The molecule has 0 radical (unpaired) electrons. The fourth-order valence-corrected chi connectivity index (χ4v) is 1.28. The van der Waals surface area contributed by atoms with Crippen molar-refractivity contribution in [3.63, 3.8) is 0 Å². The van der Waals surface area contributed by atoms with Gasteiger partial charge in [0.2, 0.25) is 0 Å². The highest BCUT2D eigenvalue weighted by Crippen LogP contribution is 2.03. The molecule has 1 atom stereocenters. The molecule has 0 saturated heterocycles. The predicted octanol–water partition coefficient (Wildman–Crippen LogP) is 2.57. The second kappa shape index (κ2) is 6.14. The summed E-state index contributed by atoms with van der Waals surface area (Å²) in [6.07, 6.45) is 2.65. The zero-order valence-corrected chi connectivity index (χ0v) is 7.36. The highest BCUT2D eigenvalue weighted by Gasteiger charge is 1.98. The standard InChI is InChI=1S/C7H13BrO/c1-3-9-6-7(2)4-5-8/h3,7H,1,4-6H2,2H3. The van der Waals surface area contributed by atoms with Gasteiger partial charge in [0.1, 0.15) is 0 Å². The zero-order valence-electron chi connectivity index (χ0n) is 5.77. The Morgan fingerprint density at radius 3 is 2.89 bits per heavy atom. The lowest BCUT2D eigenvalue weighted by Crippen LogP contribution is -2.02. The second-order valence-corrected chi connectivity index (χ2v) is 2.88. The van der Waals surface area contributed by atoms with Crippen LogP contribution in [0.25, 0.3) is 0 Å². The van der Waals surface area contributed by atoms with E-state index >= 15 is 0 Å². The molecule has 1 nitrogen and oxygen atoms in total. The number of rotatable bonds is 5. The van der Waals surface area contributed by atoms with Crippen molar-refractivity contribution in [2.45, 2.75) is 13.3 Å². The fourth-order valence-electron chi connectivity index (χ4n) is 0.502. The number of alkyl halides is 1. The summed E-state index contributed by atoms with van der Waals surface area (Å²) in [5, 5.41) is 1.05. The SMILES string of the molecule is C=COCC(C)CCBr. The smallest absolute Gasteiger partial charge is 0.0898 e. The van der Waals surface area contributed by atoms with Crippen molar-refractivity contribution in [1.82, 2.24) is 0 Å². The minimum absolute atomic E-state index is 0.627. The zero-order chi connectivity index (χ0) is 7.11. The van der Waals surface area contributed by atoms with E-state index in [2.05, 4.69) is 29.4 Å². The van der Waals surface area contributed by atoms with Crippen LogP contribution in [-0.4, -0.2) is 11.9 Å². The predicted molar refractivity (Wildman–Crippen MR) is 43.7 cm³/mol. The highest BCUT2D eigenvalue weighted by atomic mass is 79.9. The molecule has 0 fully saturated rings. The van der Waals surface area contributed by atoms with Gasteiger partial charge in [-0.2, -0.15) is 0 Å². The molecule has 0 aliphatic rings. The summed E-state index contributed by atoms with van der Waals surface area (Å²) in [5.74, 6) is 0.627. The van der Waals surface area contributed by atoms with Crippen LogP contribution in [0, 0.1) is 5.92 Å². The molecule has 0 bridgehead atoms. The minimum atomic E-state index is 0.627. The van der Waals surface area contributed by atoms with Crippen molar-refractivity contribution >= 4 is 15.9 Å². The molecule has 0 saturated carbocycles. The summed E-state index contributed by atoms with van der Waals surface area (Å²) < 4.78 is 4.99. The summed E-state index contributed by atoms with van der Waals surface area (Å²) >= 11 is 3.36. The Balaban J connectivity index is 3.04. The summed E-state index contributed by atoms with van der Waals surface area (Å²) in [4.78, 5) is 0. The van der Waals surface area contributed by atoms with E-state index in [4.69, 9.17) is 4.74 Å². The quantitative estimate of drug-likeness (QED) is 0.481. The number of halogens is 1. The summed E-state index contributed by atoms with van der Waals surface area (Å²) in [7, 11) is 0. The van der Waals surface area contributed by atoms with Crippen LogP contribution in [0.2, 0.25) is 0 Å². The van der Waals surface area contributed by atoms with Crippen LogP contribution in [0.4, 0.5) is 0 Å². The van der Waals surface area contributed by atoms with Gasteiger partial charge < -0.3 is 4.74 Å². The van der Waals surface area contributed by atoms with Crippen LogP contribution in [0.5, 0.6) is 0 Å². The third-order valence-electron chi connectivity index (χ3n) is 1.10. The van der Waals surface area contributed by atoms with Gasteiger partial charge >= 0.3 is 0 Å². The lowest BCUT2D eigenvalue weighted by molar-refractivity contribution is 0.202. The first-order chi connectivity index (χ1) is 4.31. The van der Waals surface area contributed by atoms with Crippen molar-refractivity contribution in [2.24, 2.45) is 5.92 Å². The maximum atomic E-state index is 4.99. The van der Waals surface area contributed by atoms with E-state index in [1.165, 1.54) is 6.26 Å². The van der Waals surface area contributed by atoms with E-state index in [0.717, 1.165) is 18.4 Å². The topological polar surface area (TPSA) is 9.23 Å². The molecule has 0 spiro atoms. The van der Waals surface area contributed by atoms with Crippen LogP contribution in [0.15, 0.2) is 12.8 Å². The number of hydrogen-bond acceptors (Lipinski definition) is 1. The molecule has 0 heterocycles. The van der Waals surface area contributed by atoms with Gasteiger partial charge in [0.15, 0.2) is 0 Å². The Morgan fingerprint density at radius 1 is 1.78 bits per heavy atom. The van der Waals surface area contributed by atoms with Gasteiger partial charge in [-0.25, -0.2) is 0 Å². The minimum Gasteiger partial charge on any atom is -0.502 e. The maximum Gasteiger partial charge on any atom is 0.0898 e. The van der Waals surface area contributed by atoms with Crippen LogP contribution >= 0.6 is 15.9 Å². The van der Waals surface area contributed by atoms with E-state index in [1.807, 2.05) is 0 Å². The molecule has 0 aliphatic heterocycles. The average molecular weight is 193 g/mol. The van der Waals surface area contributed by atoms with E-state index in [9.17, 15) is 0 Å². The molecular weight excluding hydrogens is 180 g/mol. The van der Waals surface area contributed by atoms with Crippen LogP contribution in [-0.2, 0) is 4.74 Å². The van der Waals surface area contributed by atoms with Gasteiger partial charge in [-0.15, -0.1) is 0 Å². The molecule has 0 aromatic carbocycles. The van der Waals surface area contributed by atoms with E-state index < -0.39 is 0 Å². The lowest BCUT2D eigenvalue weighted by Gasteiger charge is -2.07. The summed E-state index contributed by atoms with van der Waals surface area (Å²) in [6, 6.07) is 0. The van der Waals surface area contributed by atoms with Gasteiger partial charge in [0, 0.05) is 5.33 Å². The second-order valence-electron chi connectivity index (χ2n) is 2.08. The van der Waals surface area contributed by atoms with E-state index in [0.29, 0.717) is 5.92 Å². The Bertz CT molecular complexity index is 73.3. The summed E-state index contributed by atoms with van der Waals surface area (Å²) in [6.45, 7) is 6.40. The Hall–Kier alpha value is 0.0200. The molecule has 0 N–H and O–H groups in total. The Labute approximate surface area is 65.2 Å². The molecule has 0 aromatic rings. The normalized spacial score (nSPS) is 12.7. The monoisotopic (exact) mass is 192 g/mol. The molecule has 0 rings (SSSR count). The Kier molecular flexibility index (Phi) is 6.16. The molecular formula is C7H13BrO. The highest BCUT2D eigenvalue weighted by molar-refractivity contribution is 9.09. The third kappa shape index (κ3) is 5.90. The van der Waals surface area contributed by atoms with Crippen molar-refractivity contribution in [1.29, 1.82) is 0 Å². The van der Waals surface area contributed by atoms with Crippen LogP contribution < -0.4 is 0 Å². The van der Waals surface area contributed by atoms with Crippen molar-refractivity contribution < 1.29 is 4.74 Å². The largest absolute Gasteiger partial charge is 0.502 e. The average Bonchev–Trinajstić information content (AvgIpc) is 1.85. The molecule has 54 valence electrons. The fraction of sp³-hybridized carbons (Fsp3) is 0.714. The van der Waals surface area contributed by atoms with Gasteiger partial charge in [-0.3, -0.25) is 0 Å². The maximum absolute atomic E-state index is 4.99. The molecule has 2 heteroatoms. The first kappa shape index (κ1) is 9.02. The van der Waals surface area contributed by atoms with Gasteiger partial charge in [-0.05, 0) is 12.3 Å². The first-order valence-electron chi connectivity index (χ1n) is 3.09. The first-order valence-corrected chi connectivity index (χ1v) is 4.22. The van der Waals surface area contributed by atoms with Crippen molar-refractivity contribution in [3.8, 4) is 0 Å². The van der Waals surface area contributed by atoms with E-state index in [-0.39, 0.29) is 0 Å². The van der Waals surface area contributed by atoms with Crippen LogP contribution in [0.3, 0.4) is 0 Å². The molecule has 0 aliphatic carbocycles. The van der Waals surface area contributed by atoms with Crippen molar-refractivity contribution in [2.75, 3.05) is 11.9 Å². The molecule has 0 aromatic heterocycles. The molecule has 0 amide bonds. The van der Waals surface area contributed by atoms with Crippen LogP contribution in [0.1, 0.15) is 13.3 Å². The number of hydrogen-bond donors (Lipinski definition) is 0. The van der Waals surface area contributed by atoms with Gasteiger partial charge in [-0.1, -0.05) is 29.4 Å². The summed E-state index contributed by atoms with van der Waals surface area (Å²) in [5.41, 5.74) is 0.